The minimum absolute atomic E-state index is 0.0579. The number of aromatic nitrogens is 1. The Hall–Kier alpha value is -3.07. The van der Waals surface area contributed by atoms with E-state index in [9.17, 15) is 4.79 Å². The molecule has 6 nitrogen and oxygen atoms in total. The Morgan fingerprint density at radius 3 is 2.71 bits per heavy atom. The molecule has 0 aliphatic rings. The van der Waals surface area contributed by atoms with Crippen molar-refractivity contribution in [2.75, 3.05) is 17.2 Å². The average Bonchev–Trinajstić information content (AvgIpc) is 2.46. The van der Waals surface area contributed by atoms with Crippen LogP contribution in [0.3, 0.4) is 0 Å². The topological polar surface area (TPSA) is 109 Å². The van der Waals surface area contributed by atoms with Crippen molar-refractivity contribution in [1.82, 2.24) is 4.98 Å². The van der Waals surface area contributed by atoms with Crippen LogP contribution in [0.2, 0.25) is 0 Å². The third kappa shape index (κ3) is 3.94. The molecule has 0 aliphatic heterocycles. The maximum Gasteiger partial charge on any atom is 0.236 e. The summed E-state index contributed by atoms with van der Waals surface area (Å²) in [6.45, 7) is 0.532. The summed E-state index contributed by atoms with van der Waals surface area (Å²) in [6, 6.07) is 12.7. The van der Waals surface area contributed by atoms with Gasteiger partial charge in [-0.05, 0) is 29.8 Å². The summed E-state index contributed by atoms with van der Waals surface area (Å²) in [6.07, 6.45) is 1.55. The van der Waals surface area contributed by atoms with Gasteiger partial charge in [0.15, 0.2) is 0 Å². The number of amides is 1. The van der Waals surface area contributed by atoms with Gasteiger partial charge in [-0.25, -0.2) is 4.98 Å². The molecule has 0 spiro atoms. The highest BCUT2D eigenvalue weighted by Gasteiger charge is 2.11. The number of anilines is 2. The highest BCUT2D eigenvalue weighted by molar-refractivity contribution is 5.79. The lowest BCUT2D eigenvalue weighted by Crippen LogP contribution is -2.33. The van der Waals surface area contributed by atoms with Crippen molar-refractivity contribution in [2.24, 2.45) is 5.73 Å². The molecule has 0 saturated carbocycles. The highest BCUT2D eigenvalue weighted by Crippen LogP contribution is 2.17. The van der Waals surface area contributed by atoms with Crippen molar-refractivity contribution in [3.63, 3.8) is 0 Å². The third-order valence-corrected chi connectivity index (χ3v) is 2.90. The molecule has 1 aromatic carbocycles. The van der Waals surface area contributed by atoms with Gasteiger partial charge >= 0.3 is 0 Å². The van der Waals surface area contributed by atoms with E-state index >= 15 is 0 Å². The quantitative estimate of drug-likeness (QED) is 0.795. The van der Waals surface area contributed by atoms with Gasteiger partial charge in [0.1, 0.15) is 11.8 Å². The third-order valence-electron chi connectivity index (χ3n) is 2.90. The van der Waals surface area contributed by atoms with Gasteiger partial charge in [-0.1, -0.05) is 12.1 Å². The molecule has 0 aliphatic carbocycles. The van der Waals surface area contributed by atoms with E-state index in [1.165, 1.54) is 0 Å². The predicted octanol–water partition coefficient (Wildman–Crippen LogP) is 1.03. The summed E-state index contributed by atoms with van der Waals surface area (Å²) in [4.78, 5) is 17.0. The van der Waals surface area contributed by atoms with Gasteiger partial charge in [-0.3, -0.25) is 4.79 Å². The average molecular weight is 281 g/mol. The number of benzene rings is 1. The minimum Gasteiger partial charge on any atom is -0.399 e. The van der Waals surface area contributed by atoms with E-state index in [0.717, 1.165) is 11.3 Å². The first-order valence-electron chi connectivity index (χ1n) is 6.32. The van der Waals surface area contributed by atoms with Crippen molar-refractivity contribution >= 4 is 17.3 Å². The second kappa shape index (κ2) is 6.39. The van der Waals surface area contributed by atoms with Crippen LogP contribution in [-0.2, 0) is 11.3 Å². The molecule has 6 heteroatoms. The summed E-state index contributed by atoms with van der Waals surface area (Å²) in [5.41, 5.74) is 13.7. The Kier molecular flexibility index (Phi) is 4.36. The zero-order chi connectivity index (χ0) is 15.2. The standard InChI is InChI=1S/C15H15N5O/c16-7-13-4-5-14(8-19-13)20(10-15(18)21)9-11-2-1-3-12(17)6-11/h1-6,8H,9-10,17H2,(H2,18,21). The van der Waals surface area contributed by atoms with Crippen LogP contribution in [-0.4, -0.2) is 17.4 Å². The molecule has 0 fully saturated rings. The van der Waals surface area contributed by atoms with E-state index in [-0.39, 0.29) is 6.54 Å². The summed E-state index contributed by atoms with van der Waals surface area (Å²) in [5, 5.41) is 8.76. The van der Waals surface area contributed by atoms with Crippen LogP contribution < -0.4 is 16.4 Å². The summed E-state index contributed by atoms with van der Waals surface area (Å²) >= 11 is 0. The van der Waals surface area contributed by atoms with Crippen LogP contribution >= 0.6 is 0 Å². The van der Waals surface area contributed by atoms with Gasteiger partial charge in [-0.15, -0.1) is 0 Å². The van der Waals surface area contributed by atoms with E-state index in [2.05, 4.69) is 4.98 Å². The lowest BCUT2D eigenvalue weighted by molar-refractivity contribution is -0.116. The van der Waals surface area contributed by atoms with Gasteiger partial charge in [0.2, 0.25) is 5.91 Å². The first-order chi connectivity index (χ1) is 10.1. The van der Waals surface area contributed by atoms with Gasteiger partial charge in [0.05, 0.1) is 18.4 Å². The first kappa shape index (κ1) is 14.3. The number of nitrogen functional groups attached to an aromatic ring is 1. The largest absolute Gasteiger partial charge is 0.399 e. The second-order valence-electron chi connectivity index (χ2n) is 4.58. The fourth-order valence-electron chi connectivity index (χ4n) is 1.98. The molecular weight excluding hydrogens is 266 g/mol. The predicted molar refractivity (Wildman–Crippen MR) is 80.1 cm³/mol. The van der Waals surface area contributed by atoms with Crippen molar-refractivity contribution in [1.29, 1.82) is 5.26 Å². The van der Waals surface area contributed by atoms with E-state index in [4.69, 9.17) is 16.7 Å². The molecule has 0 radical (unpaired) electrons. The molecule has 0 bridgehead atoms. The number of carbonyl (C=O) groups is 1. The SMILES string of the molecule is N#Cc1ccc(N(CC(N)=O)Cc2cccc(N)c2)cn1. The summed E-state index contributed by atoms with van der Waals surface area (Å²) < 4.78 is 0. The summed E-state index contributed by atoms with van der Waals surface area (Å²) in [5.74, 6) is -0.441. The molecule has 0 unspecified atom stereocenters. The Morgan fingerprint density at radius 2 is 2.14 bits per heavy atom. The van der Waals surface area contributed by atoms with Crippen LogP contribution in [0.15, 0.2) is 42.6 Å². The molecule has 4 N–H and O–H groups in total. The van der Waals surface area contributed by atoms with Crippen molar-refractivity contribution in [3.05, 3.63) is 53.9 Å². The Balaban J connectivity index is 2.25. The Morgan fingerprint density at radius 1 is 1.33 bits per heavy atom. The van der Waals surface area contributed by atoms with E-state index in [1.807, 2.05) is 24.3 Å². The first-order valence-corrected chi connectivity index (χ1v) is 6.32. The molecule has 0 atom stereocenters. The van der Waals surface area contributed by atoms with E-state index < -0.39 is 5.91 Å². The Bertz CT molecular complexity index is 675. The number of hydrogen-bond acceptors (Lipinski definition) is 5. The maximum absolute atomic E-state index is 11.2. The number of pyridine rings is 1. The number of nitriles is 1. The highest BCUT2D eigenvalue weighted by atomic mass is 16.1. The monoisotopic (exact) mass is 281 g/mol. The van der Waals surface area contributed by atoms with Crippen LogP contribution in [0.4, 0.5) is 11.4 Å². The number of hydrogen-bond donors (Lipinski definition) is 2. The zero-order valence-electron chi connectivity index (χ0n) is 11.4. The molecule has 2 rings (SSSR count). The van der Waals surface area contributed by atoms with Gasteiger partial charge in [-0.2, -0.15) is 5.26 Å². The summed E-state index contributed by atoms with van der Waals surface area (Å²) in [7, 11) is 0. The maximum atomic E-state index is 11.2. The smallest absolute Gasteiger partial charge is 0.236 e. The molecule has 106 valence electrons. The van der Waals surface area contributed by atoms with E-state index in [0.29, 0.717) is 17.9 Å². The number of nitrogens with two attached hydrogens (primary N) is 2. The zero-order valence-corrected chi connectivity index (χ0v) is 11.4. The normalized spacial score (nSPS) is 9.86. The van der Waals surface area contributed by atoms with Crippen LogP contribution in [0.5, 0.6) is 0 Å². The number of carbonyl (C=O) groups excluding carboxylic acids is 1. The fourth-order valence-corrected chi connectivity index (χ4v) is 1.98. The number of rotatable bonds is 5. The number of primary amides is 1. The molecule has 2 aromatic rings. The second-order valence-corrected chi connectivity index (χ2v) is 4.58. The van der Waals surface area contributed by atoms with Crippen LogP contribution in [0.25, 0.3) is 0 Å². The van der Waals surface area contributed by atoms with Crippen molar-refractivity contribution in [2.45, 2.75) is 6.54 Å². The van der Waals surface area contributed by atoms with Gasteiger partial charge < -0.3 is 16.4 Å². The molecule has 0 saturated heterocycles. The lowest BCUT2D eigenvalue weighted by atomic mass is 10.2. The lowest BCUT2D eigenvalue weighted by Gasteiger charge is -2.23. The van der Waals surface area contributed by atoms with Gasteiger partial charge in [0, 0.05) is 12.2 Å². The number of nitrogens with zero attached hydrogens (tertiary/aromatic N) is 3. The van der Waals surface area contributed by atoms with Crippen molar-refractivity contribution in [3.8, 4) is 6.07 Å². The van der Waals surface area contributed by atoms with Crippen LogP contribution in [0, 0.1) is 11.3 Å². The molecule has 1 amide bonds. The fraction of sp³-hybridized carbons (Fsp3) is 0.133. The Labute approximate surface area is 122 Å². The molecule has 1 heterocycles. The van der Waals surface area contributed by atoms with E-state index in [1.54, 1.807) is 29.3 Å². The van der Waals surface area contributed by atoms with Gasteiger partial charge in [0.25, 0.3) is 0 Å². The molecule has 1 aromatic heterocycles. The minimum atomic E-state index is -0.441. The molecule has 21 heavy (non-hydrogen) atoms. The molecular formula is C15H15N5O. The van der Waals surface area contributed by atoms with Crippen molar-refractivity contribution < 1.29 is 4.79 Å². The van der Waals surface area contributed by atoms with Crippen LogP contribution in [0.1, 0.15) is 11.3 Å².